The summed E-state index contributed by atoms with van der Waals surface area (Å²) in [5.74, 6) is 0.195. The number of amides is 1. The monoisotopic (exact) mass is 320 g/mol. The predicted octanol–water partition coefficient (Wildman–Crippen LogP) is 1.57. The molecule has 2 heterocycles. The third kappa shape index (κ3) is 3.19. The van der Waals surface area contributed by atoms with Gasteiger partial charge in [-0.1, -0.05) is 35.0 Å². The zero-order valence-corrected chi connectivity index (χ0v) is 12.9. The maximum atomic E-state index is 12.1. The summed E-state index contributed by atoms with van der Waals surface area (Å²) in [7, 11) is -3.02. The van der Waals surface area contributed by atoms with Crippen LogP contribution in [0, 0.1) is 6.92 Å². The standard InChI is InChI=1S/C15H16N2O4S/c1-10-2-4-11(5-3-10)14-8-13(17-21-14)15(18)16-12-6-7-22(19,20)9-12/h2-5,8,12H,6-7,9H2,1H3,(H,16,18)/t12-/m0/s1. The van der Waals surface area contributed by atoms with Crippen LogP contribution in [0.2, 0.25) is 0 Å². The summed E-state index contributed by atoms with van der Waals surface area (Å²) in [5.41, 5.74) is 2.11. The number of nitrogens with one attached hydrogen (secondary N) is 1. The highest BCUT2D eigenvalue weighted by Crippen LogP contribution is 2.21. The van der Waals surface area contributed by atoms with Gasteiger partial charge in [0.25, 0.3) is 5.91 Å². The number of hydrogen-bond donors (Lipinski definition) is 1. The third-order valence-corrected chi connectivity index (χ3v) is 5.41. The molecule has 0 bridgehead atoms. The fourth-order valence-corrected chi connectivity index (χ4v) is 4.08. The van der Waals surface area contributed by atoms with Gasteiger partial charge in [-0.25, -0.2) is 8.42 Å². The second-order valence-electron chi connectivity index (χ2n) is 5.52. The number of aromatic nitrogens is 1. The molecular weight excluding hydrogens is 304 g/mol. The van der Waals surface area contributed by atoms with E-state index in [0.717, 1.165) is 11.1 Å². The van der Waals surface area contributed by atoms with E-state index in [1.807, 2.05) is 31.2 Å². The lowest BCUT2D eigenvalue weighted by molar-refractivity contribution is 0.0932. The van der Waals surface area contributed by atoms with Gasteiger partial charge in [-0.15, -0.1) is 0 Å². The van der Waals surface area contributed by atoms with Gasteiger partial charge in [0.2, 0.25) is 0 Å². The molecule has 1 aromatic heterocycles. The fourth-order valence-electron chi connectivity index (χ4n) is 2.40. The van der Waals surface area contributed by atoms with Gasteiger partial charge in [-0.2, -0.15) is 0 Å². The van der Waals surface area contributed by atoms with Crippen molar-refractivity contribution in [3.05, 3.63) is 41.6 Å². The number of carbonyl (C=O) groups is 1. The number of carbonyl (C=O) groups excluding carboxylic acids is 1. The lowest BCUT2D eigenvalue weighted by atomic mass is 10.1. The molecular formula is C15H16N2O4S. The van der Waals surface area contributed by atoms with Crippen LogP contribution in [-0.2, 0) is 9.84 Å². The largest absolute Gasteiger partial charge is 0.355 e. The smallest absolute Gasteiger partial charge is 0.273 e. The number of aryl methyl sites for hydroxylation is 1. The highest BCUT2D eigenvalue weighted by molar-refractivity contribution is 7.91. The van der Waals surface area contributed by atoms with Crippen molar-refractivity contribution in [2.24, 2.45) is 0 Å². The summed E-state index contributed by atoms with van der Waals surface area (Å²) in [6.45, 7) is 1.98. The summed E-state index contributed by atoms with van der Waals surface area (Å²) in [6, 6.07) is 8.88. The number of sulfone groups is 1. The fraction of sp³-hybridized carbons (Fsp3) is 0.333. The van der Waals surface area contributed by atoms with E-state index >= 15 is 0 Å². The first-order valence-electron chi connectivity index (χ1n) is 6.98. The first-order chi connectivity index (χ1) is 10.4. The maximum absolute atomic E-state index is 12.1. The van der Waals surface area contributed by atoms with Gasteiger partial charge in [-0.05, 0) is 13.3 Å². The first-order valence-corrected chi connectivity index (χ1v) is 8.80. The van der Waals surface area contributed by atoms with Crippen molar-refractivity contribution in [2.45, 2.75) is 19.4 Å². The minimum atomic E-state index is -3.02. The molecule has 1 aliphatic rings. The minimum Gasteiger partial charge on any atom is -0.355 e. The van der Waals surface area contributed by atoms with E-state index in [9.17, 15) is 13.2 Å². The Morgan fingerprint density at radius 1 is 1.32 bits per heavy atom. The zero-order chi connectivity index (χ0) is 15.7. The quantitative estimate of drug-likeness (QED) is 0.927. The molecule has 0 radical (unpaired) electrons. The topological polar surface area (TPSA) is 89.3 Å². The summed E-state index contributed by atoms with van der Waals surface area (Å²) in [6.07, 6.45) is 0.441. The van der Waals surface area contributed by atoms with E-state index < -0.39 is 15.7 Å². The first kappa shape index (κ1) is 14.8. The second kappa shape index (κ2) is 5.57. The van der Waals surface area contributed by atoms with Crippen LogP contribution >= 0.6 is 0 Å². The highest BCUT2D eigenvalue weighted by Gasteiger charge is 2.29. The molecule has 1 amide bonds. The molecule has 1 aromatic carbocycles. The van der Waals surface area contributed by atoms with Crippen molar-refractivity contribution < 1.29 is 17.7 Å². The van der Waals surface area contributed by atoms with Gasteiger partial charge < -0.3 is 9.84 Å². The van der Waals surface area contributed by atoms with E-state index in [-0.39, 0.29) is 23.2 Å². The Bertz CT molecular complexity index is 793. The van der Waals surface area contributed by atoms with E-state index in [1.54, 1.807) is 6.07 Å². The molecule has 1 aliphatic heterocycles. The molecule has 3 rings (SSSR count). The SMILES string of the molecule is Cc1ccc(-c2cc(C(=O)N[C@H]3CCS(=O)(=O)C3)no2)cc1. The zero-order valence-electron chi connectivity index (χ0n) is 12.1. The van der Waals surface area contributed by atoms with Crippen molar-refractivity contribution in [2.75, 3.05) is 11.5 Å². The van der Waals surface area contributed by atoms with Gasteiger partial charge in [0.15, 0.2) is 21.3 Å². The van der Waals surface area contributed by atoms with E-state index in [4.69, 9.17) is 4.52 Å². The molecule has 7 heteroatoms. The summed E-state index contributed by atoms with van der Waals surface area (Å²) in [5, 5.41) is 6.44. The molecule has 0 aliphatic carbocycles. The third-order valence-electron chi connectivity index (χ3n) is 3.65. The molecule has 1 atom stereocenters. The molecule has 6 nitrogen and oxygen atoms in total. The Hall–Kier alpha value is -2.15. The molecule has 0 unspecified atom stereocenters. The normalized spacial score (nSPS) is 20.0. The average molecular weight is 320 g/mol. The molecule has 1 N–H and O–H groups in total. The number of nitrogens with zero attached hydrogens (tertiary/aromatic N) is 1. The van der Waals surface area contributed by atoms with Crippen molar-refractivity contribution in [3.63, 3.8) is 0 Å². The van der Waals surface area contributed by atoms with Gasteiger partial charge in [0.05, 0.1) is 11.5 Å². The van der Waals surface area contributed by atoms with Gasteiger partial charge in [0.1, 0.15) is 0 Å². The summed E-state index contributed by atoms with van der Waals surface area (Å²) < 4.78 is 28.0. The van der Waals surface area contributed by atoms with Crippen LogP contribution in [0.1, 0.15) is 22.5 Å². The molecule has 22 heavy (non-hydrogen) atoms. The van der Waals surface area contributed by atoms with Crippen LogP contribution < -0.4 is 5.32 Å². The Labute approximate surface area is 128 Å². The molecule has 1 fully saturated rings. The summed E-state index contributed by atoms with van der Waals surface area (Å²) >= 11 is 0. The average Bonchev–Trinajstić information content (AvgIpc) is 3.06. The maximum Gasteiger partial charge on any atom is 0.273 e. The van der Waals surface area contributed by atoms with E-state index in [1.165, 1.54) is 0 Å². The van der Waals surface area contributed by atoms with Crippen LogP contribution in [0.3, 0.4) is 0 Å². The van der Waals surface area contributed by atoms with Crippen molar-refractivity contribution in [3.8, 4) is 11.3 Å². The Kier molecular flexibility index (Phi) is 3.74. The predicted molar refractivity (Wildman–Crippen MR) is 81.2 cm³/mol. The molecule has 116 valence electrons. The molecule has 0 saturated carbocycles. The van der Waals surface area contributed by atoms with Crippen LogP contribution in [0.5, 0.6) is 0 Å². The highest BCUT2D eigenvalue weighted by atomic mass is 32.2. The Morgan fingerprint density at radius 2 is 2.05 bits per heavy atom. The number of hydrogen-bond acceptors (Lipinski definition) is 5. The van der Waals surface area contributed by atoms with Crippen molar-refractivity contribution in [1.82, 2.24) is 10.5 Å². The van der Waals surface area contributed by atoms with E-state index in [2.05, 4.69) is 10.5 Å². The number of benzene rings is 1. The van der Waals surface area contributed by atoms with Crippen LogP contribution in [0.15, 0.2) is 34.9 Å². The second-order valence-corrected chi connectivity index (χ2v) is 7.74. The Balaban J connectivity index is 1.71. The van der Waals surface area contributed by atoms with Crippen LogP contribution in [-0.4, -0.2) is 37.0 Å². The molecule has 2 aromatic rings. The molecule has 0 spiro atoms. The van der Waals surface area contributed by atoms with Crippen molar-refractivity contribution in [1.29, 1.82) is 0 Å². The lowest BCUT2D eigenvalue weighted by Crippen LogP contribution is -2.35. The van der Waals surface area contributed by atoms with E-state index in [0.29, 0.717) is 12.2 Å². The minimum absolute atomic E-state index is 0.0125. The lowest BCUT2D eigenvalue weighted by Gasteiger charge is -2.08. The van der Waals surface area contributed by atoms with Crippen LogP contribution in [0.25, 0.3) is 11.3 Å². The van der Waals surface area contributed by atoms with Crippen LogP contribution in [0.4, 0.5) is 0 Å². The van der Waals surface area contributed by atoms with Gasteiger partial charge >= 0.3 is 0 Å². The number of rotatable bonds is 3. The summed E-state index contributed by atoms with van der Waals surface area (Å²) in [4.78, 5) is 12.1. The van der Waals surface area contributed by atoms with Gasteiger partial charge in [-0.3, -0.25) is 4.79 Å². The van der Waals surface area contributed by atoms with Crippen molar-refractivity contribution >= 4 is 15.7 Å². The Morgan fingerprint density at radius 3 is 2.68 bits per heavy atom. The molecule has 1 saturated heterocycles. The van der Waals surface area contributed by atoms with Gasteiger partial charge in [0, 0.05) is 17.7 Å².